The van der Waals surface area contributed by atoms with Crippen LogP contribution in [0.3, 0.4) is 0 Å². The minimum absolute atomic E-state index is 0. The summed E-state index contributed by atoms with van der Waals surface area (Å²) in [5, 5.41) is 0. The zero-order valence-corrected chi connectivity index (χ0v) is 13.8. The molecule has 122 valence electrons. The van der Waals surface area contributed by atoms with Crippen LogP contribution in [-0.2, 0) is 6.42 Å². The van der Waals surface area contributed by atoms with Crippen LogP contribution in [0, 0.1) is 5.92 Å². The van der Waals surface area contributed by atoms with Crippen molar-refractivity contribution in [2.75, 3.05) is 18.8 Å². The normalized spacial score (nSPS) is 15.0. The molecule has 3 rings (SSSR count). The van der Waals surface area contributed by atoms with E-state index in [4.69, 9.17) is 5.73 Å². The van der Waals surface area contributed by atoms with E-state index < -0.39 is 0 Å². The fourth-order valence-electron chi connectivity index (χ4n) is 2.98. The molecule has 1 amide bonds. The second-order valence-electron chi connectivity index (χ2n) is 5.90. The van der Waals surface area contributed by atoms with Gasteiger partial charge >= 0.3 is 0 Å². The van der Waals surface area contributed by atoms with Gasteiger partial charge in [-0.1, -0.05) is 30.3 Å². The lowest BCUT2D eigenvalue weighted by Gasteiger charge is -2.32. The summed E-state index contributed by atoms with van der Waals surface area (Å²) in [6.07, 6.45) is 4.74. The largest absolute Gasteiger partial charge is 0.397 e. The van der Waals surface area contributed by atoms with E-state index in [-0.39, 0.29) is 18.3 Å². The number of likely N-dealkylation sites (tertiary alicyclic amines) is 1. The van der Waals surface area contributed by atoms with Gasteiger partial charge in [0, 0.05) is 13.1 Å². The number of benzene rings is 1. The first-order valence-electron chi connectivity index (χ1n) is 7.77. The highest BCUT2D eigenvalue weighted by Crippen LogP contribution is 2.22. The van der Waals surface area contributed by atoms with E-state index in [0.717, 1.165) is 32.4 Å². The van der Waals surface area contributed by atoms with Crippen LogP contribution in [0.4, 0.5) is 5.69 Å². The molecule has 23 heavy (non-hydrogen) atoms. The molecular formula is C18H22ClN3O. The van der Waals surface area contributed by atoms with E-state index in [1.165, 1.54) is 11.8 Å². The highest BCUT2D eigenvalue weighted by atomic mass is 35.5. The number of hydrogen-bond acceptors (Lipinski definition) is 3. The number of amides is 1. The van der Waals surface area contributed by atoms with Crippen molar-refractivity contribution in [3.05, 3.63) is 59.9 Å². The van der Waals surface area contributed by atoms with Crippen molar-refractivity contribution in [3.63, 3.8) is 0 Å². The Balaban J connectivity index is 0.00000192. The number of anilines is 1. The van der Waals surface area contributed by atoms with Crippen molar-refractivity contribution in [2.24, 2.45) is 5.92 Å². The number of halogens is 1. The number of nitrogens with two attached hydrogens (primary N) is 1. The third-order valence-electron chi connectivity index (χ3n) is 4.27. The number of hydrogen-bond donors (Lipinski definition) is 1. The molecule has 2 aromatic rings. The third-order valence-corrected chi connectivity index (χ3v) is 4.27. The van der Waals surface area contributed by atoms with E-state index >= 15 is 0 Å². The van der Waals surface area contributed by atoms with E-state index in [1.54, 1.807) is 12.1 Å². The fraction of sp³-hybridized carbons (Fsp3) is 0.333. The summed E-state index contributed by atoms with van der Waals surface area (Å²) in [5.41, 5.74) is 8.06. The molecule has 0 radical (unpaired) electrons. The van der Waals surface area contributed by atoms with E-state index in [2.05, 4.69) is 29.2 Å². The summed E-state index contributed by atoms with van der Waals surface area (Å²) in [4.78, 5) is 18.4. The quantitative estimate of drug-likeness (QED) is 0.939. The Morgan fingerprint density at radius 1 is 1.13 bits per heavy atom. The molecule has 1 saturated heterocycles. The summed E-state index contributed by atoms with van der Waals surface area (Å²) in [5.74, 6) is 0.670. The van der Waals surface area contributed by atoms with Crippen molar-refractivity contribution in [1.82, 2.24) is 9.88 Å². The van der Waals surface area contributed by atoms with Crippen LogP contribution in [0.2, 0.25) is 0 Å². The number of nitrogens with zero attached hydrogens (tertiary/aromatic N) is 2. The first-order chi connectivity index (χ1) is 10.7. The maximum atomic E-state index is 12.4. The topological polar surface area (TPSA) is 59.2 Å². The lowest BCUT2D eigenvalue weighted by atomic mass is 9.90. The molecule has 4 nitrogen and oxygen atoms in total. The van der Waals surface area contributed by atoms with Gasteiger partial charge in [0.2, 0.25) is 0 Å². The number of piperidine rings is 1. The number of aromatic nitrogens is 1. The van der Waals surface area contributed by atoms with Gasteiger partial charge in [-0.05, 0) is 42.9 Å². The van der Waals surface area contributed by atoms with Crippen molar-refractivity contribution < 1.29 is 4.79 Å². The molecule has 0 atom stereocenters. The summed E-state index contributed by atoms with van der Waals surface area (Å²) < 4.78 is 0. The molecule has 1 aliphatic heterocycles. The molecule has 1 aliphatic rings. The SMILES string of the molecule is Cl.Nc1ccc(C(=O)N2CCC(Cc3ccccc3)CC2)nc1. The summed E-state index contributed by atoms with van der Waals surface area (Å²) in [7, 11) is 0. The molecule has 0 bridgehead atoms. The van der Waals surface area contributed by atoms with Crippen LogP contribution < -0.4 is 5.73 Å². The van der Waals surface area contributed by atoms with Crippen molar-refractivity contribution in [3.8, 4) is 0 Å². The van der Waals surface area contributed by atoms with Crippen LogP contribution in [0.1, 0.15) is 28.9 Å². The van der Waals surface area contributed by atoms with Gasteiger partial charge in [-0.15, -0.1) is 12.4 Å². The maximum Gasteiger partial charge on any atom is 0.272 e. The first kappa shape index (κ1) is 17.3. The standard InChI is InChI=1S/C18H21N3O.ClH/c19-16-6-7-17(20-13-16)18(22)21-10-8-15(9-11-21)12-14-4-2-1-3-5-14;/h1-7,13,15H,8-12,19H2;1H. The third kappa shape index (κ3) is 4.45. The van der Waals surface area contributed by atoms with Crippen LogP contribution in [-0.4, -0.2) is 28.9 Å². The molecule has 1 aromatic heterocycles. The Labute approximate surface area is 143 Å². The summed E-state index contributed by atoms with van der Waals surface area (Å²) in [6, 6.07) is 14.0. The first-order valence-corrected chi connectivity index (χ1v) is 7.77. The lowest BCUT2D eigenvalue weighted by molar-refractivity contribution is 0.0684. The van der Waals surface area contributed by atoms with E-state index in [1.807, 2.05) is 11.0 Å². The molecule has 1 aromatic carbocycles. The van der Waals surface area contributed by atoms with Crippen LogP contribution in [0.25, 0.3) is 0 Å². The second kappa shape index (κ2) is 7.97. The smallest absolute Gasteiger partial charge is 0.272 e. The van der Waals surface area contributed by atoms with E-state index in [9.17, 15) is 4.79 Å². The highest BCUT2D eigenvalue weighted by Gasteiger charge is 2.24. The Bertz CT molecular complexity index is 622. The van der Waals surface area contributed by atoms with Crippen LogP contribution in [0.5, 0.6) is 0 Å². The molecular weight excluding hydrogens is 310 g/mol. The zero-order chi connectivity index (χ0) is 15.4. The number of carbonyl (C=O) groups is 1. The predicted octanol–water partition coefficient (Wildman–Crippen LogP) is 3.18. The Morgan fingerprint density at radius 3 is 2.43 bits per heavy atom. The molecule has 1 fully saturated rings. The van der Waals surface area contributed by atoms with Gasteiger partial charge in [-0.25, -0.2) is 4.98 Å². The molecule has 0 spiro atoms. The van der Waals surface area contributed by atoms with Gasteiger partial charge in [-0.2, -0.15) is 0 Å². The Morgan fingerprint density at radius 2 is 1.83 bits per heavy atom. The summed E-state index contributed by atoms with van der Waals surface area (Å²) in [6.45, 7) is 1.62. The monoisotopic (exact) mass is 331 g/mol. The zero-order valence-electron chi connectivity index (χ0n) is 13.0. The van der Waals surface area contributed by atoms with Gasteiger partial charge in [0.1, 0.15) is 5.69 Å². The average Bonchev–Trinajstić information content (AvgIpc) is 2.57. The van der Waals surface area contributed by atoms with Gasteiger partial charge in [-0.3, -0.25) is 4.79 Å². The molecule has 2 heterocycles. The highest BCUT2D eigenvalue weighted by molar-refractivity contribution is 5.92. The lowest BCUT2D eigenvalue weighted by Crippen LogP contribution is -2.39. The molecule has 0 unspecified atom stereocenters. The van der Waals surface area contributed by atoms with Crippen LogP contribution in [0.15, 0.2) is 48.7 Å². The van der Waals surface area contributed by atoms with Crippen LogP contribution >= 0.6 is 12.4 Å². The Hall–Kier alpha value is -2.07. The average molecular weight is 332 g/mol. The second-order valence-corrected chi connectivity index (χ2v) is 5.90. The van der Waals surface area contributed by atoms with Gasteiger partial charge in [0.15, 0.2) is 0 Å². The van der Waals surface area contributed by atoms with Gasteiger partial charge in [0.05, 0.1) is 11.9 Å². The number of nitrogen functional groups attached to an aromatic ring is 1. The number of pyridine rings is 1. The number of rotatable bonds is 3. The van der Waals surface area contributed by atoms with Crippen molar-refractivity contribution >= 4 is 24.0 Å². The maximum absolute atomic E-state index is 12.4. The Kier molecular flexibility index (Phi) is 5.99. The molecule has 2 N–H and O–H groups in total. The fourth-order valence-corrected chi connectivity index (χ4v) is 2.98. The van der Waals surface area contributed by atoms with Crippen molar-refractivity contribution in [2.45, 2.75) is 19.3 Å². The van der Waals surface area contributed by atoms with Gasteiger partial charge < -0.3 is 10.6 Å². The van der Waals surface area contributed by atoms with Gasteiger partial charge in [0.25, 0.3) is 5.91 Å². The molecule has 5 heteroatoms. The molecule has 0 saturated carbocycles. The number of carbonyl (C=O) groups excluding carboxylic acids is 1. The minimum Gasteiger partial charge on any atom is -0.397 e. The van der Waals surface area contributed by atoms with E-state index in [0.29, 0.717) is 17.3 Å². The minimum atomic E-state index is 0. The van der Waals surface area contributed by atoms with Crippen molar-refractivity contribution in [1.29, 1.82) is 0 Å². The predicted molar refractivity (Wildman–Crippen MR) is 94.7 cm³/mol. The summed E-state index contributed by atoms with van der Waals surface area (Å²) >= 11 is 0. The molecule has 0 aliphatic carbocycles.